The van der Waals surface area contributed by atoms with E-state index in [-0.39, 0.29) is 9.85 Å². The van der Waals surface area contributed by atoms with Crippen LogP contribution in [0.2, 0.25) is 0 Å². The van der Waals surface area contributed by atoms with Gasteiger partial charge >= 0.3 is 0 Å². The first-order valence-electron chi connectivity index (χ1n) is 9.24. The van der Waals surface area contributed by atoms with E-state index < -0.39 is 11.1 Å². The van der Waals surface area contributed by atoms with Gasteiger partial charge < -0.3 is 10.6 Å². The van der Waals surface area contributed by atoms with E-state index in [0.29, 0.717) is 25.9 Å². The van der Waals surface area contributed by atoms with Gasteiger partial charge in [-0.25, -0.2) is 0 Å². The number of nitrogens with zero attached hydrogens (tertiary/aromatic N) is 3. The molecule has 0 atom stereocenters. The standard InChI is InChI=1S/C17H36N4O4/c1-16(2,20(22)23)10-14-19(13-9-7-5-6-8-12-18)15-11-17(3,4)21(24)25/h5-15,18H2,1-4H3. The molecule has 0 aromatic carbocycles. The summed E-state index contributed by atoms with van der Waals surface area (Å²) in [7, 11) is 0. The zero-order valence-corrected chi connectivity index (χ0v) is 16.3. The van der Waals surface area contributed by atoms with Gasteiger partial charge in [0.1, 0.15) is 0 Å². The Kier molecular flexibility index (Phi) is 10.8. The highest BCUT2D eigenvalue weighted by Crippen LogP contribution is 2.18. The lowest BCUT2D eigenvalue weighted by Gasteiger charge is -2.27. The summed E-state index contributed by atoms with van der Waals surface area (Å²) < 4.78 is 0. The minimum absolute atomic E-state index is 0.251. The van der Waals surface area contributed by atoms with Gasteiger partial charge in [0.15, 0.2) is 0 Å². The third-order valence-corrected chi connectivity index (χ3v) is 4.75. The zero-order valence-electron chi connectivity index (χ0n) is 16.3. The van der Waals surface area contributed by atoms with Gasteiger partial charge in [-0.15, -0.1) is 0 Å². The molecule has 0 radical (unpaired) electrons. The maximum atomic E-state index is 11.1. The van der Waals surface area contributed by atoms with Crippen molar-refractivity contribution in [1.82, 2.24) is 4.90 Å². The molecule has 0 aromatic rings. The van der Waals surface area contributed by atoms with Crippen LogP contribution in [0.25, 0.3) is 0 Å². The van der Waals surface area contributed by atoms with Gasteiger partial charge in [0.05, 0.1) is 0 Å². The van der Waals surface area contributed by atoms with E-state index in [4.69, 9.17) is 5.73 Å². The van der Waals surface area contributed by atoms with Gasteiger partial charge in [-0.1, -0.05) is 19.3 Å². The molecule has 0 fully saturated rings. The Bertz CT molecular complexity index is 383. The van der Waals surface area contributed by atoms with E-state index >= 15 is 0 Å². The van der Waals surface area contributed by atoms with Crippen molar-refractivity contribution in [3.63, 3.8) is 0 Å². The number of hydrogen-bond donors (Lipinski definition) is 1. The first-order valence-corrected chi connectivity index (χ1v) is 9.24. The largest absolute Gasteiger partial charge is 0.330 e. The van der Waals surface area contributed by atoms with Gasteiger partial charge in [0.2, 0.25) is 11.1 Å². The van der Waals surface area contributed by atoms with Crippen molar-refractivity contribution in [2.24, 2.45) is 5.73 Å². The van der Waals surface area contributed by atoms with Gasteiger partial charge in [-0.05, 0) is 25.9 Å². The Morgan fingerprint density at radius 2 is 1.16 bits per heavy atom. The summed E-state index contributed by atoms with van der Waals surface area (Å²) in [6.45, 7) is 9.22. The van der Waals surface area contributed by atoms with E-state index in [0.717, 1.165) is 45.2 Å². The zero-order chi connectivity index (χ0) is 19.5. The number of rotatable bonds is 15. The molecule has 0 aromatic heterocycles. The molecule has 0 heterocycles. The van der Waals surface area contributed by atoms with E-state index in [1.54, 1.807) is 27.7 Å². The number of hydrogen-bond acceptors (Lipinski definition) is 6. The summed E-state index contributed by atoms with van der Waals surface area (Å²) >= 11 is 0. The number of nitrogens with two attached hydrogens (primary N) is 1. The molecule has 0 unspecified atom stereocenters. The summed E-state index contributed by atoms with van der Waals surface area (Å²) in [5.41, 5.74) is 3.53. The van der Waals surface area contributed by atoms with Crippen LogP contribution in [0.5, 0.6) is 0 Å². The fourth-order valence-electron chi connectivity index (χ4n) is 2.39. The van der Waals surface area contributed by atoms with E-state index in [1.165, 1.54) is 0 Å². The van der Waals surface area contributed by atoms with Gasteiger partial charge in [-0.2, -0.15) is 0 Å². The molecule has 8 nitrogen and oxygen atoms in total. The highest BCUT2D eigenvalue weighted by Gasteiger charge is 2.33. The summed E-state index contributed by atoms with van der Waals surface area (Å²) in [5.74, 6) is 0. The van der Waals surface area contributed by atoms with Crippen LogP contribution in [0.1, 0.15) is 72.6 Å². The van der Waals surface area contributed by atoms with Crippen LogP contribution in [0.15, 0.2) is 0 Å². The van der Waals surface area contributed by atoms with Crippen LogP contribution < -0.4 is 5.73 Å². The summed E-state index contributed by atoms with van der Waals surface area (Å²) in [5, 5.41) is 22.2. The maximum Gasteiger partial charge on any atom is 0.218 e. The molecular formula is C17H36N4O4. The van der Waals surface area contributed by atoms with Crippen molar-refractivity contribution >= 4 is 0 Å². The second-order valence-corrected chi connectivity index (χ2v) is 8.04. The lowest BCUT2D eigenvalue weighted by molar-refractivity contribution is -0.562. The van der Waals surface area contributed by atoms with Crippen molar-refractivity contribution in [2.45, 2.75) is 83.7 Å². The minimum Gasteiger partial charge on any atom is -0.330 e. The molecule has 0 aliphatic heterocycles. The lowest BCUT2D eigenvalue weighted by atomic mass is 9.99. The van der Waals surface area contributed by atoms with Crippen molar-refractivity contribution in [1.29, 1.82) is 0 Å². The fraction of sp³-hybridized carbons (Fsp3) is 1.00. The van der Waals surface area contributed by atoms with E-state index in [1.807, 2.05) is 0 Å². The average Bonchev–Trinajstić information content (AvgIpc) is 2.52. The average molecular weight is 360 g/mol. The normalized spacial score (nSPS) is 12.6. The van der Waals surface area contributed by atoms with Crippen molar-refractivity contribution in [3.8, 4) is 0 Å². The van der Waals surface area contributed by atoms with Crippen LogP contribution in [-0.2, 0) is 0 Å². The maximum absolute atomic E-state index is 11.1. The Hall–Kier alpha value is -1.28. The quantitative estimate of drug-likeness (QED) is 0.272. The minimum atomic E-state index is -0.974. The summed E-state index contributed by atoms with van der Waals surface area (Å²) in [6.07, 6.45) is 6.26. The topological polar surface area (TPSA) is 116 Å². The fourth-order valence-corrected chi connectivity index (χ4v) is 2.39. The van der Waals surface area contributed by atoms with Crippen LogP contribution in [-0.4, -0.2) is 52.0 Å². The first kappa shape index (κ1) is 23.7. The molecule has 0 spiro atoms. The first-order chi connectivity index (χ1) is 11.5. The molecule has 0 rings (SSSR count). The molecule has 0 bridgehead atoms. The van der Waals surface area contributed by atoms with Crippen LogP contribution >= 0.6 is 0 Å². The van der Waals surface area contributed by atoms with Crippen molar-refractivity contribution in [3.05, 3.63) is 20.2 Å². The van der Waals surface area contributed by atoms with Crippen molar-refractivity contribution in [2.75, 3.05) is 26.2 Å². The molecule has 8 heteroatoms. The third-order valence-electron chi connectivity index (χ3n) is 4.75. The van der Waals surface area contributed by atoms with Gasteiger partial charge in [-0.3, -0.25) is 20.2 Å². The highest BCUT2D eigenvalue weighted by atomic mass is 16.6. The highest BCUT2D eigenvalue weighted by molar-refractivity contribution is 4.74. The SMILES string of the molecule is CC(C)(CCN(CCCCCCCN)CCC(C)(C)[N+](=O)[O-])[N+](=O)[O-]. The second-order valence-electron chi connectivity index (χ2n) is 8.04. The second kappa shape index (κ2) is 11.4. The monoisotopic (exact) mass is 360 g/mol. The molecule has 2 N–H and O–H groups in total. The molecular weight excluding hydrogens is 324 g/mol. The van der Waals surface area contributed by atoms with Gasteiger partial charge in [0, 0.05) is 63.5 Å². The van der Waals surface area contributed by atoms with Crippen LogP contribution in [0.4, 0.5) is 0 Å². The number of unbranched alkanes of at least 4 members (excludes halogenated alkanes) is 4. The molecule has 148 valence electrons. The third kappa shape index (κ3) is 10.3. The predicted molar refractivity (Wildman–Crippen MR) is 100.0 cm³/mol. The Labute approximate surface area is 151 Å². The molecule has 0 saturated carbocycles. The van der Waals surface area contributed by atoms with Crippen LogP contribution in [0.3, 0.4) is 0 Å². The molecule has 25 heavy (non-hydrogen) atoms. The molecule has 0 saturated heterocycles. The van der Waals surface area contributed by atoms with E-state index in [9.17, 15) is 20.2 Å². The van der Waals surface area contributed by atoms with Crippen molar-refractivity contribution < 1.29 is 9.85 Å². The molecule has 0 aliphatic rings. The van der Waals surface area contributed by atoms with Crippen LogP contribution in [0, 0.1) is 20.2 Å². The molecule has 0 amide bonds. The molecule has 0 aliphatic carbocycles. The summed E-state index contributed by atoms with van der Waals surface area (Å²) in [4.78, 5) is 23.8. The van der Waals surface area contributed by atoms with Gasteiger partial charge in [0.25, 0.3) is 0 Å². The lowest BCUT2D eigenvalue weighted by Crippen LogP contribution is -2.40. The Balaban J connectivity index is 4.49. The van der Waals surface area contributed by atoms with E-state index in [2.05, 4.69) is 4.90 Å². The number of nitro groups is 2. The predicted octanol–water partition coefficient (Wildman–Crippen LogP) is 3.09. The smallest absolute Gasteiger partial charge is 0.218 e. The summed E-state index contributed by atoms with van der Waals surface area (Å²) in [6, 6.07) is 0. The Morgan fingerprint density at radius 3 is 1.56 bits per heavy atom. The Morgan fingerprint density at radius 1 is 0.760 bits per heavy atom.